The Bertz CT molecular complexity index is 1130. The van der Waals surface area contributed by atoms with E-state index in [1.165, 1.54) is 0 Å². The van der Waals surface area contributed by atoms with Crippen molar-refractivity contribution >= 4 is 22.9 Å². The monoisotopic (exact) mass is 433 g/mol. The number of aryl methyl sites for hydroxylation is 1. The van der Waals surface area contributed by atoms with Gasteiger partial charge in [0, 0.05) is 19.5 Å². The van der Waals surface area contributed by atoms with Crippen molar-refractivity contribution in [2.45, 2.75) is 38.8 Å². The van der Waals surface area contributed by atoms with Gasteiger partial charge in [-0.2, -0.15) is 0 Å². The molecule has 1 aromatic heterocycles. The number of esters is 1. The van der Waals surface area contributed by atoms with Crippen molar-refractivity contribution in [3.63, 3.8) is 0 Å². The lowest BCUT2D eigenvalue weighted by atomic mass is 9.76. The average molecular weight is 434 g/mol. The van der Waals surface area contributed by atoms with Gasteiger partial charge in [-0.25, -0.2) is 4.98 Å². The van der Waals surface area contributed by atoms with Gasteiger partial charge in [-0.15, -0.1) is 0 Å². The summed E-state index contributed by atoms with van der Waals surface area (Å²) in [5.74, 6) is 0.509. The number of aromatic nitrogens is 2. The number of imidazole rings is 1. The van der Waals surface area contributed by atoms with Crippen LogP contribution in [0.15, 0.2) is 54.9 Å². The minimum Gasteiger partial charge on any atom is -0.484 e. The predicted octanol–water partition coefficient (Wildman–Crippen LogP) is 3.35. The molecular formula is C25H27N3O4. The number of hydrogen-bond acceptors (Lipinski definition) is 5. The Balaban J connectivity index is 1.16. The van der Waals surface area contributed by atoms with E-state index in [0.717, 1.165) is 16.6 Å². The Hall–Kier alpha value is -3.35. The third-order valence-electron chi connectivity index (χ3n) is 6.71. The van der Waals surface area contributed by atoms with Crippen molar-refractivity contribution in [1.82, 2.24) is 14.5 Å². The Morgan fingerprint density at radius 1 is 1.16 bits per heavy atom. The molecule has 0 aliphatic carbocycles. The standard InChI is InChI=1S/C25H27N3O4/c1-18-6-8-19(9-7-18)31-16-23(29)27-12-10-25(11-13-27)14-20(32-24(25)30)15-28-17-26-21-4-2-3-5-22(21)28/h2-9,17,20H,10-16H2,1H3. The number of nitrogens with zero attached hydrogens (tertiary/aromatic N) is 3. The fourth-order valence-electron chi connectivity index (χ4n) is 4.78. The molecule has 2 aliphatic rings. The SMILES string of the molecule is Cc1ccc(OCC(=O)N2CCC3(CC2)CC(Cn2cnc4ccccc42)OC3=O)cc1. The van der Waals surface area contributed by atoms with Crippen LogP contribution in [-0.4, -0.2) is 52.1 Å². The molecule has 7 nitrogen and oxygen atoms in total. The van der Waals surface area contributed by atoms with E-state index in [1.807, 2.05) is 60.0 Å². The fourth-order valence-corrected chi connectivity index (χ4v) is 4.78. The lowest BCUT2D eigenvalue weighted by Crippen LogP contribution is -2.46. The molecule has 2 fully saturated rings. The molecule has 2 saturated heterocycles. The Labute approximate surface area is 186 Å². The summed E-state index contributed by atoms with van der Waals surface area (Å²) in [6.45, 7) is 3.71. The number of rotatable bonds is 5. The van der Waals surface area contributed by atoms with Gasteiger partial charge in [-0.05, 0) is 44.0 Å². The summed E-state index contributed by atoms with van der Waals surface area (Å²) in [6, 6.07) is 15.6. The van der Waals surface area contributed by atoms with E-state index in [0.29, 0.717) is 44.6 Å². The first kappa shape index (κ1) is 20.5. The largest absolute Gasteiger partial charge is 0.484 e. The van der Waals surface area contributed by atoms with Crippen LogP contribution in [-0.2, 0) is 20.9 Å². The molecule has 1 amide bonds. The van der Waals surface area contributed by atoms with Crippen LogP contribution in [0.2, 0.25) is 0 Å². The molecule has 1 unspecified atom stereocenters. The number of benzene rings is 2. The lowest BCUT2D eigenvalue weighted by molar-refractivity contribution is -0.153. The zero-order valence-electron chi connectivity index (χ0n) is 18.2. The van der Waals surface area contributed by atoms with E-state index in [9.17, 15) is 9.59 Å². The van der Waals surface area contributed by atoms with Crippen molar-refractivity contribution in [2.24, 2.45) is 5.41 Å². The Kier molecular flexibility index (Phi) is 5.33. The zero-order valence-corrected chi connectivity index (χ0v) is 18.2. The topological polar surface area (TPSA) is 73.7 Å². The molecule has 0 N–H and O–H groups in total. The smallest absolute Gasteiger partial charge is 0.312 e. The maximum absolute atomic E-state index is 12.8. The number of carbonyl (C=O) groups excluding carboxylic acids is 2. The molecule has 0 bridgehead atoms. The van der Waals surface area contributed by atoms with Crippen molar-refractivity contribution in [3.05, 3.63) is 60.4 Å². The molecule has 3 heterocycles. The number of amides is 1. The van der Waals surface area contributed by atoms with Gasteiger partial charge in [0.25, 0.3) is 5.91 Å². The van der Waals surface area contributed by atoms with Crippen LogP contribution in [0, 0.1) is 12.3 Å². The van der Waals surface area contributed by atoms with Crippen LogP contribution < -0.4 is 4.74 Å². The molecule has 5 rings (SSSR count). The molecule has 2 aromatic carbocycles. The summed E-state index contributed by atoms with van der Waals surface area (Å²) in [7, 11) is 0. The minimum atomic E-state index is -0.490. The molecule has 0 saturated carbocycles. The summed E-state index contributed by atoms with van der Waals surface area (Å²) in [5, 5.41) is 0. The molecule has 3 aromatic rings. The first-order chi connectivity index (χ1) is 15.5. The van der Waals surface area contributed by atoms with E-state index in [2.05, 4.69) is 4.98 Å². The van der Waals surface area contributed by atoms with Crippen LogP contribution in [0.5, 0.6) is 5.75 Å². The van der Waals surface area contributed by atoms with Crippen LogP contribution in [0.25, 0.3) is 11.0 Å². The number of ether oxygens (including phenoxy) is 2. The maximum atomic E-state index is 12.8. The third-order valence-corrected chi connectivity index (χ3v) is 6.71. The van der Waals surface area contributed by atoms with E-state index < -0.39 is 5.41 Å². The van der Waals surface area contributed by atoms with Gasteiger partial charge >= 0.3 is 5.97 Å². The Morgan fingerprint density at radius 2 is 1.91 bits per heavy atom. The van der Waals surface area contributed by atoms with Crippen LogP contribution in [0.3, 0.4) is 0 Å². The number of hydrogen-bond donors (Lipinski definition) is 0. The highest BCUT2D eigenvalue weighted by Gasteiger charge is 2.50. The second kappa shape index (κ2) is 8.30. The van der Waals surface area contributed by atoms with Crippen molar-refractivity contribution in [1.29, 1.82) is 0 Å². The van der Waals surface area contributed by atoms with Gasteiger partial charge in [0.1, 0.15) is 11.9 Å². The fraction of sp³-hybridized carbons (Fsp3) is 0.400. The van der Waals surface area contributed by atoms with E-state index in [1.54, 1.807) is 11.2 Å². The quantitative estimate of drug-likeness (QED) is 0.577. The number of fused-ring (bicyclic) bond motifs is 1. The molecule has 0 radical (unpaired) electrons. The molecule has 1 atom stereocenters. The maximum Gasteiger partial charge on any atom is 0.312 e. The molecule has 166 valence electrons. The Morgan fingerprint density at radius 3 is 2.69 bits per heavy atom. The molecular weight excluding hydrogens is 406 g/mol. The van der Waals surface area contributed by atoms with Gasteiger partial charge in [0.05, 0.1) is 29.3 Å². The lowest BCUT2D eigenvalue weighted by Gasteiger charge is -2.36. The van der Waals surface area contributed by atoms with E-state index >= 15 is 0 Å². The highest BCUT2D eigenvalue weighted by atomic mass is 16.6. The molecule has 7 heteroatoms. The summed E-state index contributed by atoms with van der Waals surface area (Å²) < 4.78 is 13.5. The number of cyclic esters (lactones) is 1. The highest BCUT2D eigenvalue weighted by Crippen LogP contribution is 2.43. The second-order valence-electron chi connectivity index (χ2n) is 8.88. The predicted molar refractivity (Wildman–Crippen MR) is 119 cm³/mol. The summed E-state index contributed by atoms with van der Waals surface area (Å²) in [5.41, 5.74) is 2.63. The first-order valence-corrected chi connectivity index (χ1v) is 11.1. The van der Waals surface area contributed by atoms with Crippen LogP contribution in [0.1, 0.15) is 24.8 Å². The van der Waals surface area contributed by atoms with E-state index in [4.69, 9.17) is 9.47 Å². The van der Waals surface area contributed by atoms with Crippen molar-refractivity contribution < 1.29 is 19.1 Å². The third kappa shape index (κ3) is 3.95. The van der Waals surface area contributed by atoms with Crippen LogP contribution in [0.4, 0.5) is 0 Å². The molecule has 32 heavy (non-hydrogen) atoms. The first-order valence-electron chi connectivity index (χ1n) is 11.1. The molecule has 2 aliphatic heterocycles. The van der Waals surface area contributed by atoms with E-state index in [-0.39, 0.29) is 24.6 Å². The molecule has 1 spiro atoms. The minimum absolute atomic E-state index is 0.0108. The van der Waals surface area contributed by atoms with Gasteiger partial charge in [0.15, 0.2) is 6.61 Å². The van der Waals surface area contributed by atoms with Gasteiger partial charge in [-0.1, -0.05) is 29.8 Å². The zero-order chi connectivity index (χ0) is 22.1. The number of para-hydroxylation sites is 2. The van der Waals surface area contributed by atoms with Crippen LogP contribution >= 0.6 is 0 Å². The van der Waals surface area contributed by atoms with Gasteiger partial charge < -0.3 is 18.9 Å². The number of likely N-dealkylation sites (tertiary alicyclic amines) is 1. The van der Waals surface area contributed by atoms with Gasteiger partial charge in [0.2, 0.25) is 0 Å². The van der Waals surface area contributed by atoms with Crippen molar-refractivity contribution in [3.8, 4) is 5.75 Å². The summed E-state index contributed by atoms with van der Waals surface area (Å²) >= 11 is 0. The highest BCUT2D eigenvalue weighted by molar-refractivity contribution is 5.81. The normalized spacial score (nSPS) is 20.0. The summed E-state index contributed by atoms with van der Waals surface area (Å²) in [6.07, 6.45) is 3.57. The van der Waals surface area contributed by atoms with Crippen molar-refractivity contribution in [2.75, 3.05) is 19.7 Å². The number of piperidine rings is 1. The van der Waals surface area contributed by atoms with Gasteiger partial charge in [-0.3, -0.25) is 9.59 Å². The summed E-state index contributed by atoms with van der Waals surface area (Å²) in [4.78, 5) is 31.6. The average Bonchev–Trinajstić information content (AvgIpc) is 3.34. The number of carbonyl (C=O) groups is 2. The second-order valence-corrected chi connectivity index (χ2v) is 8.88.